The Balaban J connectivity index is 1.44. The average molecular weight is 221 g/mol. The molecule has 1 heterocycles. The SMILES string of the molecule is CC1(O)CN(C(=O)C2C3C4CCC(C4)C23)C1. The summed E-state index contributed by atoms with van der Waals surface area (Å²) < 4.78 is 0. The van der Waals surface area contributed by atoms with Gasteiger partial charge in [-0.2, -0.15) is 0 Å². The molecule has 3 saturated carbocycles. The Hall–Kier alpha value is -0.570. The molecule has 1 N–H and O–H groups in total. The number of nitrogens with zero attached hydrogens (tertiary/aromatic N) is 1. The zero-order chi connectivity index (χ0) is 11.1. The minimum Gasteiger partial charge on any atom is -0.386 e. The standard InChI is InChI=1S/C13H19NO2/c1-13(16)5-14(6-13)12(15)11-9-7-2-3-8(4-7)10(9)11/h7-11,16H,2-6H2,1H3. The van der Waals surface area contributed by atoms with Crippen molar-refractivity contribution >= 4 is 5.91 Å². The average Bonchev–Trinajstić information content (AvgIpc) is 2.62. The largest absolute Gasteiger partial charge is 0.386 e. The van der Waals surface area contributed by atoms with E-state index in [-0.39, 0.29) is 0 Å². The van der Waals surface area contributed by atoms with Crippen LogP contribution in [0.15, 0.2) is 0 Å². The molecule has 0 spiro atoms. The second-order valence-corrected chi connectivity index (χ2v) is 6.70. The van der Waals surface area contributed by atoms with Gasteiger partial charge in [0.15, 0.2) is 0 Å². The van der Waals surface area contributed by atoms with Gasteiger partial charge in [-0.1, -0.05) is 0 Å². The zero-order valence-electron chi connectivity index (χ0n) is 9.72. The van der Waals surface area contributed by atoms with E-state index in [0.29, 0.717) is 24.9 Å². The Morgan fingerprint density at radius 2 is 1.81 bits per heavy atom. The van der Waals surface area contributed by atoms with Gasteiger partial charge >= 0.3 is 0 Å². The molecular formula is C13H19NO2. The number of β-amino-alcohol motifs (C(OH)–C–C–N with tert-alkyl or cyclic N) is 1. The predicted molar refractivity (Wildman–Crippen MR) is 58.5 cm³/mol. The van der Waals surface area contributed by atoms with Gasteiger partial charge in [-0.3, -0.25) is 4.79 Å². The van der Waals surface area contributed by atoms with E-state index < -0.39 is 5.60 Å². The Morgan fingerprint density at radius 1 is 1.25 bits per heavy atom. The topological polar surface area (TPSA) is 40.5 Å². The third kappa shape index (κ3) is 1.05. The lowest BCUT2D eigenvalue weighted by atomic mass is 9.94. The third-order valence-electron chi connectivity index (χ3n) is 5.40. The fraction of sp³-hybridized carbons (Fsp3) is 0.923. The van der Waals surface area contributed by atoms with E-state index in [0.717, 1.165) is 23.7 Å². The summed E-state index contributed by atoms with van der Waals surface area (Å²) in [4.78, 5) is 14.1. The smallest absolute Gasteiger partial charge is 0.226 e. The molecule has 16 heavy (non-hydrogen) atoms. The Bertz CT molecular complexity index is 341. The highest BCUT2D eigenvalue weighted by atomic mass is 16.3. The molecule has 4 atom stereocenters. The van der Waals surface area contributed by atoms with Crippen molar-refractivity contribution < 1.29 is 9.90 Å². The number of aliphatic hydroxyl groups is 1. The van der Waals surface area contributed by atoms with Gasteiger partial charge in [-0.15, -0.1) is 0 Å². The van der Waals surface area contributed by atoms with Crippen molar-refractivity contribution in [2.24, 2.45) is 29.6 Å². The van der Waals surface area contributed by atoms with Crippen molar-refractivity contribution in [3.8, 4) is 0 Å². The van der Waals surface area contributed by atoms with E-state index in [2.05, 4.69) is 0 Å². The molecule has 1 amide bonds. The molecule has 2 bridgehead atoms. The molecule has 3 nitrogen and oxygen atoms in total. The van der Waals surface area contributed by atoms with Crippen LogP contribution in [0.5, 0.6) is 0 Å². The maximum atomic E-state index is 12.2. The van der Waals surface area contributed by atoms with E-state index in [1.807, 2.05) is 11.8 Å². The molecule has 0 radical (unpaired) electrons. The molecule has 4 rings (SSSR count). The maximum Gasteiger partial charge on any atom is 0.226 e. The summed E-state index contributed by atoms with van der Waals surface area (Å²) in [5, 5.41) is 9.66. The highest BCUT2D eigenvalue weighted by Crippen LogP contribution is 2.69. The number of rotatable bonds is 1. The Kier molecular flexibility index (Phi) is 1.56. The Labute approximate surface area is 95.8 Å². The lowest BCUT2D eigenvalue weighted by Gasteiger charge is -2.44. The van der Waals surface area contributed by atoms with Crippen molar-refractivity contribution in [1.82, 2.24) is 4.90 Å². The normalized spacial score (nSPS) is 51.1. The maximum absolute atomic E-state index is 12.2. The van der Waals surface area contributed by atoms with Crippen molar-refractivity contribution in [2.45, 2.75) is 31.8 Å². The van der Waals surface area contributed by atoms with Crippen LogP contribution in [0.25, 0.3) is 0 Å². The number of amides is 1. The number of hydrogen-bond acceptors (Lipinski definition) is 2. The summed E-state index contributed by atoms with van der Waals surface area (Å²) in [5.41, 5.74) is -0.612. The molecule has 1 saturated heterocycles. The molecule has 0 aromatic carbocycles. The zero-order valence-corrected chi connectivity index (χ0v) is 9.72. The van der Waals surface area contributed by atoms with E-state index in [4.69, 9.17) is 0 Å². The van der Waals surface area contributed by atoms with Crippen LogP contribution in [0.3, 0.4) is 0 Å². The fourth-order valence-corrected chi connectivity index (χ4v) is 4.80. The summed E-state index contributed by atoms with van der Waals surface area (Å²) in [6.07, 6.45) is 4.14. The summed E-state index contributed by atoms with van der Waals surface area (Å²) in [6.45, 7) is 2.92. The van der Waals surface area contributed by atoms with Gasteiger partial charge in [0.1, 0.15) is 0 Å². The predicted octanol–water partition coefficient (Wildman–Crippen LogP) is 0.872. The van der Waals surface area contributed by atoms with Gasteiger partial charge in [0.25, 0.3) is 0 Å². The number of likely N-dealkylation sites (tertiary alicyclic amines) is 1. The fourth-order valence-electron chi connectivity index (χ4n) is 4.80. The highest BCUT2D eigenvalue weighted by Gasteiger charge is 2.68. The molecular weight excluding hydrogens is 202 g/mol. The molecule has 0 aromatic heterocycles. The first-order valence-electron chi connectivity index (χ1n) is 6.58. The molecule has 4 unspecified atom stereocenters. The molecule has 3 aliphatic carbocycles. The van der Waals surface area contributed by atoms with Gasteiger partial charge in [-0.05, 0) is 49.9 Å². The van der Waals surface area contributed by atoms with Crippen molar-refractivity contribution in [2.75, 3.05) is 13.1 Å². The van der Waals surface area contributed by atoms with Crippen LogP contribution in [0.1, 0.15) is 26.2 Å². The summed E-state index contributed by atoms with van der Waals surface area (Å²) in [6, 6.07) is 0. The minimum absolute atomic E-state index is 0.345. The van der Waals surface area contributed by atoms with Crippen LogP contribution in [0, 0.1) is 29.6 Å². The molecule has 0 aromatic rings. The van der Waals surface area contributed by atoms with E-state index >= 15 is 0 Å². The quantitative estimate of drug-likeness (QED) is 0.714. The van der Waals surface area contributed by atoms with Crippen LogP contribution in [-0.2, 0) is 4.79 Å². The van der Waals surface area contributed by atoms with Gasteiger partial charge in [0.05, 0.1) is 18.7 Å². The van der Waals surface area contributed by atoms with Gasteiger partial charge in [0, 0.05) is 5.92 Å². The number of carbonyl (C=O) groups is 1. The second kappa shape index (κ2) is 2.63. The number of fused-ring (bicyclic) bond motifs is 5. The minimum atomic E-state index is -0.612. The third-order valence-corrected chi connectivity index (χ3v) is 5.40. The van der Waals surface area contributed by atoms with Crippen LogP contribution >= 0.6 is 0 Å². The van der Waals surface area contributed by atoms with Crippen LogP contribution < -0.4 is 0 Å². The lowest BCUT2D eigenvalue weighted by molar-refractivity contribution is -0.154. The highest BCUT2D eigenvalue weighted by molar-refractivity contribution is 5.84. The van der Waals surface area contributed by atoms with Crippen molar-refractivity contribution in [3.63, 3.8) is 0 Å². The van der Waals surface area contributed by atoms with Crippen molar-refractivity contribution in [1.29, 1.82) is 0 Å². The first kappa shape index (κ1) is 9.46. The number of hydrogen-bond donors (Lipinski definition) is 1. The molecule has 4 fully saturated rings. The van der Waals surface area contributed by atoms with E-state index in [1.54, 1.807) is 0 Å². The van der Waals surface area contributed by atoms with E-state index in [9.17, 15) is 9.90 Å². The van der Waals surface area contributed by atoms with Crippen LogP contribution in [0.2, 0.25) is 0 Å². The lowest BCUT2D eigenvalue weighted by Crippen LogP contribution is -2.62. The second-order valence-electron chi connectivity index (χ2n) is 6.70. The van der Waals surface area contributed by atoms with Gasteiger partial charge in [0.2, 0.25) is 5.91 Å². The molecule has 1 aliphatic heterocycles. The summed E-state index contributed by atoms with van der Waals surface area (Å²) in [5.74, 6) is 3.89. The summed E-state index contributed by atoms with van der Waals surface area (Å²) >= 11 is 0. The molecule has 4 aliphatic rings. The first-order valence-corrected chi connectivity index (χ1v) is 6.58. The monoisotopic (exact) mass is 221 g/mol. The first-order chi connectivity index (χ1) is 7.57. The molecule has 3 heteroatoms. The van der Waals surface area contributed by atoms with Crippen molar-refractivity contribution in [3.05, 3.63) is 0 Å². The van der Waals surface area contributed by atoms with Crippen LogP contribution in [-0.4, -0.2) is 34.6 Å². The summed E-state index contributed by atoms with van der Waals surface area (Å²) in [7, 11) is 0. The van der Waals surface area contributed by atoms with Gasteiger partial charge < -0.3 is 10.0 Å². The Morgan fingerprint density at radius 3 is 2.31 bits per heavy atom. The number of carbonyl (C=O) groups excluding carboxylic acids is 1. The van der Waals surface area contributed by atoms with Gasteiger partial charge in [-0.25, -0.2) is 0 Å². The van der Waals surface area contributed by atoms with Crippen LogP contribution in [0.4, 0.5) is 0 Å². The van der Waals surface area contributed by atoms with E-state index in [1.165, 1.54) is 19.3 Å². The molecule has 88 valence electrons.